The van der Waals surface area contributed by atoms with E-state index in [1.807, 2.05) is 0 Å². The molecule has 0 aliphatic carbocycles. The Bertz CT molecular complexity index is 1230. The molecule has 0 fully saturated rings. The Morgan fingerprint density at radius 1 is 0.800 bits per heavy atom. The fourth-order valence-electron chi connectivity index (χ4n) is 2.81. The highest BCUT2D eigenvalue weighted by Crippen LogP contribution is 2.36. The van der Waals surface area contributed by atoms with Crippen molar-refractivity contribution in [1.82, 2.24) is 19.9 Å². The summed E-state index contributed by atoms with van der Waals surface area (Å²) in [6, 6.07) is 8.83. The van der Waals surface area contributed by atoms with E-state index in [1.165, 1.54) is 12.1 Å². The summed E-state index contributed by atoms with van der Waals surface area (Å²) in [5.74, 6) is 0.208. The second-order valence-electron chi connectivity index (χ2n) is 6.28. The summed E-state index contributed by atoms with van der Waals surface area (Å²) >= 11 is 3.10. The van der Waals surface area contributed by atoms with Gasteiger partial charge in [0.05, 0.1) is 11.1 Å². The van der Waals surface area contributed by atoms with Crippen LogP contribution in [0.4, 0.5) is 26.3 Å². The van der Waals surface area contributed by atoms with Crippen molar-refractivity contribution >= 4 is 27.0 Å². The maximum atomic E-state index is 13.0. The van der Waals surface area contributed by atoms with Gasteiger partial charge in [0.15, 0.2) is 5.82 Å². The largest absolute Gasteiger partial charge is 0.433 e. The fourth-order valence-corrected chi connectivity index (χ4v) is 3.36. The molecule has 0 radical (unpaired) electrons. The number of aromatic amines is 1. The van der Waals surface area contributed by atoms with E-state index < -0.39 is 23.6 Å². The molecule has 0 saturated carbocycles. The lowest BCUT2D eigenvalue weighted by Gasteiger charge is -2.07. The Hall–Kier alpha value is -2.95. The minimum atomic E-state index is -4.59. The Kier molecular flexibility index (Phi) is 4.80. The van der Waals surface area contributed by atoms with Crippen molar-refractivity contribution in [2.24, 2.45) is 0 Å². The maximum absolute atomic E-state index is 13.0. The van der Waals surface area contributed by atoms with Gasteiger partial charge in [0, 0.05) is 21.8 Å². The molecule has 1 N–H and O–H groups in total. The van der Waals surface area contributed by atoms with Crippen LogP contribution < -0.4 is 0 Å². The molecule has 11 heteroatoms. The molecule has 0 unspecified atom stereocenters. The van der Waals surface area contributed by atoms with Crippen LogP contribution in [-0.4, -0.2) is 19.9 Å². The number of halogens is 7. The first kappa shape index (κ1) is 20.3. The Labute approximate surface area is 173 Å². The van der Waals surface area contributed by atoms with Crippen molar-refractivity contribution in [2.75, 3.05) is 0 Å². The van der Waals surface area contributed by atoms with Crippen molar-refractivity contribution in [3.8, 4) is 22.8 Å². The smallest absolute Gasteiger partial charge is 0.338 e. The number of imidazole rings is 1. The molecule has 0 saturated heterocycles. The van der Waals surface area contributed by atoms with Gasteiger partial charge < -0.3 is 4.98 Å². The summed E-state index contributed by atoms with van der Waals surface area (Å²) in [5, 5.41) is 0. The molecule has 0 amide bonds. The van der Waals surface area contributed by atoms with E-state index in [0.717, 1.165) is 24.4 Å². The SMILES string of the molecule is FC(F)(F)c1cc(Br)c2nc(-c3ccc(-c4nccc(C(F)(F)F)n4)cc3)[nH]c2c1. The zero-order chi connectivity index (χ0) is 21.7. The van der Waals surface area contributed by atoms with E-state index in [1.54, 1.807) is 12.1 Å². The van der Waals surface area contributed by atoms with Crippen molar-refractivity contribution < 1.29 is 26.3 Å². The molecule has 2 heterocycles. The minimum Gasteiger partial charge on any atom is -0.338 e. The molecule has 154 valence electrons. The molecule has 0 spiro atoms. The maximum Gasteiger partial charge on any atom is 0.433 e. The van der Waals surface area contributed by atoms with Crippen LogP contribution in [0.15, 0.2) is 53.1 Å². The fraction of sp³-hybridized carbons (Fsp3) is 0.105. The third-order valence-corrected chi connectivity index (χ3v) is 4.83. The monoisotopic (exact) mass is 486 g/mol. The number of rotatable bonds is 2. The molecular weight excluding hydrogens is 478 g/mol. The summed E-state index contributed by atoms with van der Waals surface area (Å²) in [6.45, 7) is 0. The van der Waals surface area contributed by atoms with Crippen molar-refractivity contribution in [1.29, 1.82) is 0 Å². The summed E-state index contributed by atoms with van der Waals surface area (Å²) < 4.78 is 77.7. The lowest BCUT2D eigenvalue weighted by molar-refractivity contribution is -0.141. The van der Waals surface area contributed by atoms with E-state index in [-0.39, 0.29) is 15.8 Å². The summed E-state index contributed by atoms with van der Waals surface area (Å²) in [7, 11) is 0. The highest BCUT2D eigenvalue weighted by atomic mass is 79.9. The molecule has 2 aromatic heterocycles. The minimum absolute atomic E-state index is 0.0986. The molecule has 0 aliphatic rings. The number of aromatic nitrogens is 4. The average Bonchev–Trinajstić information content (AvgIpc) is 3.12. The second kappa shape index (κ2) is 7.08. The molecule has 4 aromatic rings. The van der Waals surface area contributed by atoms with Gasteiger partial charge in [-0.1, -0.05) is 24.3 Å². The summed E-state index contributed by atoms with van der Waals surface area (Å²) in [4.78, 5) is 14.5. The van der Waals surface area contributed by atoms with Crippen LogP contribution in [0.1, 0.15) is 11.3 Å². The summed E-state index contributed by atoms with van der Waals surface area (Å²) in [6.07, 6.45) is -8.07. The lowest BCUT2D eigenvalue weighted by atomic mass is 10.1. The number of hydrogen-bond donors (Lipinski definition) is 1. The van der Waals surface area contributed by atoms with Gasteiger partial charge in [-0.25, -0.2) is 15.0 Å². The normalized spacial score (nSPS) is 12.5. The number of fused-ring (bicyclic) bond motifs is 1. The summed E-state index contributed by atoms with van der Waals surface area (Å²) in [5.41, 5.74) is -0.488. The molecule has 2 aromatic carbocycles. The standard InChI is InChI=1S/C19H9BrF6N4/c20-12-7-11(18(21,22)23)8-13-15(12)30-17(28-13)10-3-1-9(2-4-10)16-27-6-5-14(29-16)19(24,25)26/h1-8H,(H,28,30). The number of alkyl halides is 6. The van der Waals surface area contributed by atoms with Crippen LogP contribution in [-0.2, 0) is 12.4 Å². The first-order chi connectivity index (χ1) is 14.0. The zero-order valence-electron chi connectivity index (χ0n) is 14.6. The molecular formula is C19H9BrF6N4. The second-order valence-corrected chi connectivity index (χ2v) is 7.13. The number of H-pyrrole nitrogens is 1. The molecule has 0 aliphatic heterocycles. The van der Waals surface area contributed by atoms with Crippen molar-refractivity contribution in [3.63, 3.8) is 0 Å². The van der Waals surface area contributed by atoms with E-state index in [2.05, 4.69) is 35.9 Å². The Balaban J connectivity index is 1.69. The van der Waals surface area contributed by atoms with Crippen LogP contribution in [0.5, 0.6) is 0 Å². The Morgan fingerprint density at radius 2 is 1.47 bits per heavy atom. The predicted molar refractivity (Wildman–Crippen MR) is 100 cm³/mol. The number of nitrogens with one attached hydrogen (secondary N) is 1. The highest BCUT2D eigenvalue weighted by molar-refractivity contribution is 9.10. The van der Waals surface area contributed by atoms with E-state index in [0.29, 0.717) is 22.5 Å². The van der Waals surface area contributed by atoms with Crippen LogP contribution >= 0.6 is 15.9 Å². The topological polar surface area (TPSA) is 54.5 Å². The number of benzene rings is 2. The van der Waals surface area contributed by atoms with Crippen LogP contribution in [0.25, 0.3) is 33.8 Å². The van der Waals surface area contributed by atoms with Crippen LogP contribution in [0.2, 0.25) is 0 Å². The third kappa shape index (κ3) is 3.89. The highest BCUT2D eigenvalue weighted by Gasteiger charge is 2.33. The predicted octanol–water partition coefficient (Wildman–Crippen LogP) is 6.49. The van der Waals surface area contributed by atoms with E-state index in [4.69, 9.17) is 0 Å². The van der Waals surface area contributed by atoms with Gasteiger partial charge >= 0.3 is 12.4 Å². The first-order valence-electron chi connectivity index (χ1n) is 8.30. The van der Waals surface area contributed by atoms with Gasteiger partial charge in [-0.3, -0.25) is 0 Å². The molecule has 4 nitrogen and oxygen atoms in total. The average molecular weight is 487 g/mol. The third-order valence-electron chi connectivity index (χ3n) is 4.23. The van der Waals surface area contributed by atoms with Gasteiger partial charge in [0.2, 0.25) is 0 Å². The van der Waals surface area contributed by atoms with Gasteiger partial charge in [-0.05, 0) is 34.1 Å². The quantitative estimate of drug-likeness (QED) is 0.329. The molecule has 0 bridgehead atoms. The van der Waals surface area contributed by atoms with E-state index in [9.17, 15) is 26.3 Å². The van der Waals surface area contributed by atoms with E-state index >= 15 is 0 Å². The first-order valence-corrected chi connectivity index (χ1v) is 9.09. The number of hydrogen-bond acceptors (Lipinski definition) is 3. The van der Waals surface area contributed by atoms with Gasteiger partial charge in [0.1, 0.15) is 17.0 Å². The van der Waals surface area contributed by atoms with Crippen LogP contribution in [0.3, 0.4) is 0 Å². The van der Waals surface area contributed by atoms with Crippen LogP contribution in [0, 0.1) is 0 Å². The van der Waals surface area contributed by atoms with Gasteiger partial charge in [-0.15, -0.1) is 0 Å². The molecule has 0 atom stereocenters. The van der Waals surface area contributed by atoms with Crippen molar-refractivity contribution in [2.45, 2.75) is 12.4 Å². The van der Waals surface area contributed by atoms with Crippen molar-refractivity contribution in [3.05, 3.63) is 64.4 Å². The molecule has 4 rings (SSSR count). The molecule has 30 heavy (non-hydrogen) atoms. The Morgan fingerprint density at radius 3 is 2.10 bits per heavy atom. The lowest BCUT2D eigenvalue weighted by Crippen LogP contribution is -2.08. The van der Waals surface area contributed by atoms with Gasteiger partial charge in [-0.2, -0.15) is 26.3 Å². The van der Waals surface area contributed by atoms with Gasteiger partial charge in [0.25, 0.3) is 0 Å². The number of nitrogens with zero attached hydrogens (tertiary/aromatic N) is 3. The zero-order valence-corrected chi connectivity index (χ0v) is 16.2.